The fourth-order valence-electron chi connectivity index (χ4n) is 5.74. The van der Waals surface area contributed by atoms with Crippen molar-refractivity contribution in [2.24, 2.45) is 0 Å². The van der Waals surface area contributed by atoms with Crippen LogP contribution in [-0.2, 0) is 29.0 Å². The Balaban J connectivity index is 1.23. The molecule has 0 fully saturated rings. The third-order valence-corrected chi connectivity index (χ3v) is 10.5. The van der Waals surface area contributed by atoms with Gasteiger partial charge in [-0.15, -0.1) is 23.1 Å². The zero-order chi connectivity index (χ0) is 35.0. The number of thioether (sulfide) groups is 1. The zero-order valence-corrected chi connectivity index (χ0v) is 28.8. The third-order valence-electron chi connectivity index (χ3n) is 8.13. The van der Waals surface area contributed by atoms with Gasteiger partial charge >= 0.3 is 5.97 Å². The van der Waals surface area contributed by atoms with E-state index < -0.39 is 22.0 Å². The minimum atomic E-state index is -0.694. The summed E-state index contributed by atoms with van der Waals surface area (Å²) in [5.41, 5.74) is 4.00. The number of anilines is 2. The first-order valence-electron chi connectivity index (χ1n) is 16.0. The molecule has 4 aromatic carbocycles. The topological polar surface area (TPSA) is 131 Å². The van der Waals surface area contributed by atoms with E-state index in [1.54, 1.807) is 25.1 Å². The number of ether oxygens (including phenoxy) is 1. The molecule has 2 heterocycles. The van der Waals surface area contributed by atoms with Crippen molar-refractivity contribution in [3.05, 3.63) is 152 Å². The van der Waals surface area contributed by atoms with Gasteiger partial charge < -0.3 is 15.4 Å². The predicted molar refractivity (Wildman–Crippen MR) is 196 cm³/mol. The largest absolute Gasteiger partial charge is 0.462 e. The van der Waals surface area contributed by atoms with Gasteiger partial charge in [-0.2, -0.15) is 0 Å². The van der Waals surface area contributed by atoms with Gasteiger partial charge in [-0.25, -0.2) is 4.79 Å². The number of carbonyl (C=O) groups is 3. The molecule has 0 bridgehead atoms. The Morgan fingerprint density at radius 1 is 0.940 bits per heavy atom. The molecule has 1 atom stereocenters. The van der Waals surface area contributed by atoms with Crippen molar-refractivity contribution < 1.29 is 24.0 Å². The molecule has 10 nitrogen and oxygen atoms in total. The lowest BCUT2D eigenvalue weighted by Gasteiger charge is -2.27. The molecule has 0 saturated heterocycles. The van der Waals surface area contributed by atoms with Gasteiger partial charge in [0.15, 0.2) is 0 Å². The van der Waals surface area contributed by atoms with E-state index in [0.717, 1.165) is 34.0 Å². The van der Waals surface area contributed by atoms with Crippen LogP contribution in [0.1, 0.15) is 54.5 Å². The van der Waals surface area contributed by atoms with E-state index in [4.69, 9.17) is 4.74 Å². The van der Waals surface area contributed by atoms with Crippen molar-refractivity contribution in [2.75, 3.05) is 23.8 Å². The molecule has 2 amide bonds. The molecular formula is C38H34N4O6S2. The van der Waals surface area contributed by atoms with E-state index in [9.17, 15) is 24.5 Å². The van der Waals surface area contributed by atoms with E-state index >= 15 is 0 Å². The van der Waals surface area contributed by atoms with Crippen LogP contribution in [0.4, 0.5) is 16.4 Å². The second-order valence-corrected chi connectivity index (χ2v) is 13.8. The van der Waals surface area contributed by atoms with Gasteiger partial charge in [0.25, 0.3) is 11.6 Å². The van der Waals surface area contributed by atoms with E-state index in [2.05, 4.69) is 27.7 Å². The van der Waals surface area contributed by atoms with Crippen LogP contribution in [-0.4, -0.2) is 40.8 Å². The maximum absolute atomic E-state index is 14.2. The highest BCUT2D eigenvalue weighted by atomic mass is 32.2. The van der Waals surface area contributed by atoms with Crippen LogP contribution in [0.15, 0.2) is 114 Å². The Kier molecular flexibility index (Phi) is 11.0. The highest BCUT2D eigenvalue weighted by Gasteiger charge is 2.31. The molecule has 2 N–H and O–H groups in total. The molecule has 1 aromatic heterocycles. The van der Waals surface area contributed by atoms with Crippen LogP contribution in [0.5, 0.6) is 0 Å². The number of hydrogen-bond donors (Lipinski definition) is 2. The zero-order valence-electron chi connectivity index (χ0n) is 27.2. The molecule has 0 aliphatic carbocycles. The van der Waals surface area contributed by atoms with Crippen LogP contribution in [0, 0.1) is 10.1 Å². The second-order valence-electron chi connectivity index (χ2n) is 11.6. The fourth-order valence-corrected chi connectivity index (χ4v) is 8.10. The first-order chi connectivity index (χ1) is 24.3. The Bertz CT molecular complexity index is 2000. The average Bonchev–Trinajstić information content (AvgIpc) is 3.48. The summed E-state index contributed by atoms with van der Waals surface area (Å²) in [5.74, 6) is -1.17. The Hall–Kier alpha value is -5.30. The SMILES string of the molecule is CCOC(=O)c1c(NC(=O)C(Sc2cccc(NC(=O)c3ccc([N+](=O)[O-])cc3)c2)c2ccccc2)sc2c1CCN(Cc1ccccc1)C2. The number of esters is 1. The number of nitrogens with one attached hydrogen (secondary N) is 2. The van der Waals surface area contributed by atoms with Gasteiger partial charge in [-0.05, 0) is 60.4 Å². The molecule has 0 radical (unpaired) electrons. The standard InChI is InChI=1S/C38H34N4O6S2/c1-2-48-38(45)33-31-20-21-41(23-25-10-5-3-6-11-25)24-32(31)50-37(33)40-36(44)34(26-12-7-4-8-13-26)49-30-15-9-14-28(22-30)39-35(43)27-16-18-29(19-17-27)42(46)47/h3-19,22,34H,2,20-21,23-24H2,1H3,(H,39,43)(H,40,44). The number of carbonyl (C=O) groups excluding carboxylic acids is 3. The van der Waals surface area contributed by atoms with E-state index in [1.807, 2.05) is 54.6 Å². The first-order valence-corrected chi connectivity index (χ1v) is 17.7. The number of non-ortho nitro benzene ring substituents is 1. The number of thiophene rings is 1. The number of rotatable bonds is 12. The number of fused-ring (bicyclic) bond motifs is 1. The summed E-state index contributed by atoms with van der Waals surface area (Å²) in [5, 5.41) is 16.7. The van der Waals surface area contributed by atoms with Gasteiger partial charge in [0, 0.05) is 52.8 Å². The maximum Gasteiger partial charge on any atom is 0.341 e. The van der Waals surface area contributed by atoms with Crippen molar-refractivity contribution in [2.45, 2.75) is 36.6 Å². The summed E-state index contributed by atoms with van der Waals surface area (Å²) in [4.78, 5) is 55.0. The summed E-state index contributed by atoms with van der Waals surface area (Å²) in [6, 6.07) is 32.1. The van der Waals surface area contributed by atoms with Gasteiger partial charge in [0.1, 0.15) is 10.3 Å². The summed E-state index contributed by atoms with van der Waals surface area (Å²) in [7, 11) is 0. The summed E-state index contributed by atoms with van der Waals surface area (Å²) in [6.07, 6.45) is 0.665. The van der Waals surface area contributed by atoms with Crippen molar-refractivity contribution in [1.82, 2.24) is 4.90 Å². The lowest BCUT2D eigenvalue weighted by molar-refractivity contribution is -0.384. The van der Waals surface area contributed by atoms with Crippen molar-refractivity contribution in [1.29, 1.82) is 0 Å². The summed E-state index contributed by atoms with van der Waals surface area (Å²) >= 11 is 2.73. The van der Waals surface area contributed by atoms with Gasteiger partial charge in [-0.3, -0.25) is 24.6 Å². The van der Waals surface area contributed by atoms with Gasteiger partial charge in [0.05, 0.1) is 17.1 Å². The number of nitro groups is 1. The molecule has 0 saturated carbocycles. The Morgan fingerprint density at radius 2 is 1.66 bits per heavy atom. The quantitative estimate of drug-likeness (QED) is 0.0576. The molecule has 12 heteroatoms. The molecule has 1 aliphatic rings. The molecule has 1 aliphatic heterocycles. The van der Waals surface area contributed by atoms with Crippen molar-refractivity contribution in [3.63, 3.8) is 0 Å². The maximum atomic E-state index is 14.2. The summed E-state index contributed by atoms with van der Waals surface area (Å²) < 4.78 is 5.46. The molecular weight excluding hydrogens is 673 g/mol. The molecule has 0 spiro atoms. The molecule has 1 unspecified atom stereocenters. The smallest absolute Gasteiger partial charge is 0.341 e. The van der Waals surface area contributed by atoms with Crippen LogP contribution in [0.25, 0.3) is 0 Å². The molecule has 254 valence electrons. The first kappa shape index (κ1) is 34.6. The number of hydrogen-bond acceptors (Lipinski definition) is 9. The van der Waals surface area contributed by atoms with Gasteiger partial charge in [-0.1, -0.05) is 66.7 Å². The van der Waals surface area contributed by atoms with Crippen LogP contribution in [0.2, 0.25) is 0 Å². The van der Waals surface area contributed by atoms with Crippen LogP contribution in [0.3, 0.4) is 0 Å². The second kappa shape index (κ2) is 15.9. The van der Waals surface area contributed by atoms with E-state index in [1.165, 1.54) is 52.9 Å². The van der Waals surface area contributed by atoms with Crippen molar-refractivity contribution in [3.8, 4) is 0 Å². The lowest BCUT2D eigenvalue weighted by Crippen LogP contribution is -2.30. The predicted octanol–water partition coefficient (Wildman–Crippen LogP) is 8.12. The normalized spacial score (nSPS) is 13.1. The lowest BCUT2D eigenvalue weighted by atomic mass is 10.0. The number of nitro benzene ring substituents is 1. The minimum Gasteiger partial charge on any atom is -0.462 e. The highest BCUT2D eigenvalue weighted by Crippen LogP contribution is 2.41. The third kappa shape index (κ3) is 8.28. The van der Waals surface area contributed by atoms with Crippen LogP contribution < -0.4 is 10.6 Å². The highest BCUT2D eigenvalue weighted by molar-refractivity contribution is 8.00. The number of nitrogens with zero attached hydrogens (tertiary/aromatic N) is 2. The summed E-state index contributed by atoms with van der Waals surface area (Å²) in [6.45, 7) is 4.21. The number of amides is 2. The van der Waals surface area contributed by atoms with Crippen molar-refractivity contribution >= 4 is 57.3 Å². The Morgan fingerprint density at radius 3 is 2.36 bits per heavy atom. The van der Waals surface area contributed by atoms with E-state index in [0.29, 0.717) is 29.2 Å². The molecule has 50 heavy (non-hydrogen) atoms. The number of benzene rings is 4. The monoisotopic (exact) mass is 706 g/mol. The molecule has 5 aromatic rings. The van der Waals surface area contributed by atoms with E-state index in [-0.39, 0.29) is 23.8 Å². The minimum absolute atomic E-state index is 0.104. The average molecular weight is 707 g/mol. The van der Waals surface area contributed by atoms with Gasteiger partial charge in [0.2, 0.25) is 5.91 Å². The Labute approximate surface area is 297 Å². The molecule has 6 rings (SSSR count). The van der Waals surface area contributed by atoms with Crippen LogP contribution >= 0.6 is 23.1 Å². The fraction of sp³-hybridized carbons (Fsp3) is 0.184.